The zero-order chi connectivity index (χ0) is 28.5. The first-order chi connectivity index (χ1) is 17.9. The van der Waals surface area contributed by atoms with Crippen molar-refractivity contribution in [3.8, 4) is 0 Å². The quantitative estimate of drug-likeness (QED) is 0.328. The van der Waals surface area contributed by atoms with Crippen molar-refractivity contribution in [2.45, 2.75) is 92.7 Å². The van der Waals surface area contributed by atoms with Crippen molar-refractivity contribution >= 4 is 23.6 Å². The van der Waals surface area contributed by atoms with Crippen molar-refractivity contribution in [3.05, 3.63) is 64.2 Å². The van der Waals surface area contributed by atoms with Crippen molar-refractivity contribution in [1.82, 2.24) is 10.2 Å². The fourth-order valence-electron chi connectivity index (χ4n) is 4.39. The van der Waals surface area contributed by atoms with E-state index < -0.39 is 17.7 Å². The Kier molecular flexibility index (Phi) is 11.4. The number of nitrogens with one attached hydrogen (secondary N) is 2. The molecule has 7 nitrogen and oxygen atoms in total. The summed E-state index contributed by atoms with van der Waals surface area (Å²) in [6.07, 6.45) is 3.13. The number of unbranched alkanes of at least 4 members (excludes halogenated alkanes) is 3. The smallest absolute Gasteiger partial charge is 0.408 e. The van der Waals surface area contributed by atoms with Gasteiger partial charge >= 0.3 is 6.09 Å². The standard InChI is InChI=1S/C31H45N3O4/c1-9-10-11-12-19-34(26(35)20-32-30(37)38-31(6,7)8)28(25-18-14-15-21(2)24(25)5)29(36)33-27-22(3)16-13-17-23(27)4/h13-18,28H,9-12,19-20H2,1-8H3,(H,32,37)(H,33,36). The number of hydrogen-bond donors (Lipinski definition) is 2. The lowest BCUT2D eigenvalue weighted by atomic mass is 9.95. The second kappa shape index (κ2) is 14.0. The van der Waals surface area contributed by atoms with Crippen molar-refractivity contribution in [1.29, 1.82) is 0 Å². The number of nitrogens with zero attached hydrogens (tertiary/aromatic N) is 1. The van der Waals surface area contributed by atoms with Crippen LogP contribution in [0.25, 0.3) is 0 Å². The molecule has 1 unspecified atom stereocenters. The predicted molar refractivity (Wildman–Crippen MR) is 153 cm³/mol. The third kappa shape index (κ3) is 8.89. The number of alkyl carbamates (subject to hydrolysis) is 1. The Balaban J connectivity index is 2.47. The molecule has 0 fully saturated rings. The number of benzene rings is 2. The summed E-state index contributed by atoms with van der Waals surface area (Å²) in [5, 5.41) is 5.69. The number of anilines is 1. The predicted octanol–water partition coefficient (Wildman–Crippen LogP) is 6.53. The average molecular weight is 524 g/mol. The van der Waals surface area contributed by atoms with E-state index in [-0.39, 0.29) is 18.4 Å². The number of carbonyl (C=O) groups excluding carboxylic acids is 3. The van der Waals surface area contributed by atoms with Crippen LogP contribution in [0.1, 0.15) is 87.2 Å². The van der Waals surface area contributed by atoms with Crippen LogP contribution in [-0.2, 0) is 14.3 Å². The molecule has 2 N–H and O–H groups in total. The van der Waals surface area contributed by atoms with Crippen LogP contribution in [0, 0.1) is 27.7 Å². The monoisotopic (exact) mass is 523 g/mol. The van der Waals surface area contributed by atoms with Gasteiger partial charge in [-0.3, -0.25) is 9.59 Å². The van der Waals surface area contributed by atoms with Crippen LogP contribution in [0.2, 0.25) is 0 Å². The third-order valence-corrected chi connectivity index (χ3v) is 6.59. The van der Waals surface area contributed by atoms with Crippen LogP contribution < -0.4 is 10.6 Å². The summed E-state index contributed by atoms with van der Waals surface area (Å²) in [6, 6.07) is 10.8. The molecule has 38 heavy (non-hydrogen) atoms. The van der Waals surface area contributed by atoms with Crippen LogP contribution in [0.15, 0.2) is 36.4 Å². The molecule has 0 saturated carbocycles. The summed E-state index contributed by atoms with van der Waals surface area (Å²) in [4.78, 5) is 41.6. The fraction of sp³-hybridized carbons (Fsp3) is 0.516. The van der Waals surface area contributed by atoms with E-state index in [0.717, 1.165) is 59.2 Å². The van der Waals surface area contributed by atoms with E-state index in [2.05, 4.69) is 17.6 Å². The minimum atomic E-state index is -0.858. The summed E-state index contributed by atoms with van der Waals surface area (Å²) in [7, 11) is 0. The van der Waals surface area contributed by atoms with E-state index in [1.54, 1.807) is 25.7 Å². The number of carbonyl (C=O) groups is 3. The Bertz CT molecular complexity index is 1100. The Hall–Kier alpha value is -3.35. The molecule has 7 heteroatoms. The van der Waals surface area contributed by atoms with Gasteiger partial charge in [0.1, 0.15) is 18.2 Å². The highest BCUT2D eigenvalue weighted by molar-refractivity contribution is 5.99. The van der Waals surface area contributed by atoms with Crippen molar-refractivity contribution < 1.29 is 19.1 Å². The maximum Gasteiger partial charge on any atom is 0.408 e. The number of para-hydroxylation sites is 1. The van der Waals surface area contributed by atoms with Gasteiger partial charge in [0.2, 0.25) is 5.91 Å². The number of amides is 3. The zero-order valence-electron chi connectivity index (χ0n) is 24.4. The SMILES string of the molecule is CCCCCCN(C(=O)CNC(=O)OC(C)(C)C)C(C(=O)Nc1c(C)cccc1C)c1cccc(C)c1C. The summed E-state index contributed by atoms with van der Waals surface area (Å²) in [5.41, 5.74) is 4.74. The van der Waals surface area contributed by atoms with E-state index in [9.17, 15) is 14.4 Å². The number of ether oxygens (including phenoxy) is 1. The Morgan fingerprint density at radius 2 is 1.50 bits per heavy atom. The number of hydrogen-bond acceptors (Lipinski definition) is 4. The van der Waals surface area contributed by atoms with Gasteiger partial charge < -0.3 is 20.3 Å². The maximum absolute atomic E-state index is 14.0. The molecule has 2 rings (SSSR count). The van der Waals surface area contributed by atoms with Crippen LogP contribution in [0.4, 0.5) is 10.5 Å². The van der Waals surface area contributed by atoms with Crippen molar-refractivity contribution in [3.63, 3.8) is 0 Å². The van der Waals surface area contributed by atoms with E-state index in [1.807, 2.05) is 64.1 Å². The van der Waals surface area contributed by atoms with E-state index in [1.165, 1.54) is 0 Å². The minimum absolute atomic E-state index is 0.263. The molecule has 1 atom stereocenters. The number of aryl methyl sites for hydroxylation is 3. The van der Waals surface area contributed by atoms with Gasteiger partial charge in [-0.25, -0.2) is 4.79 Å². The van der Waals surface area contributed by atoms with E-state index in [0.29, 0.717) is 6.54 Å². The first-order valence-electron chi connectivity index (χ1n) is 13.5. The molecule has 0 saturated heterocycles. The van der Waals surface area contributed by atoms with Gasteiger partial charge in [-0.1, -0.05) is 62.6 Å². The molecule has 0 spiro atoms. The highest BCUT2D eigenvalue weighted by atomic mass is 16.6. The largest absolute Gasteiger partial charge is 0.444 e. The molecule has 0 radical (unpaired) electrons. The summed E-state index contributed by atoms with van der Waals surface area (Å²) in [5.74, 6) is -0.618. The molecular formula is C31H45N3O4. The van der Waals surface area contributed by atoms with Crippen LogP contribution in [0.5, 0.6) is 0 Å². The molecule has 0 bridgehead atoms. The van der Waals surface area contributed by atoms with Gasteiger partial charge in [0, 0.05) is 12.2 Å². The Morgan fingerprint density at radius 1 is 0.895 bits per heavy atom. The normalized spacial score (nSPS) is 12.0. The third-order valence-electron chi connectivity index (χ3n) is 6.59. The van der Waals surface area contributed by atoms with Gasteiger partial charge in [0.25, 0.3) is 5.91 Å². The summed E-state index contributed by atoms with van der Waals surface area (Å²) >= 11 is 0. The Labute approximate surface area is 228 Å². The Morgan fingerprint density at radius 3 is 2.11 bits per heavy atom. The van der Waals surface area contributed by atoms with Gasteiger partial charge in [0.15, 0.2) is 0 Å². The highest BCUT2D eigenvalue weighted by Crippen LogP contribution is 2.30. The second-order valence-corrected chi connectivity index (χ2v) is 11.0. The van der Waals surface area contributed by atoms with Gasteiger partial charge in [-0.15, -0.1) is 0 Å². The second-order valence-electron chi connectivity index (χ2n) is 11.0. The van der Waals surface area contributed by atoms with Crippen LogP contribution in [-0.4, -0.2) is 41.5 Å². The van der Waals surface area contributed by atoms with Crippen LogP contribution >= 0.6 is 0 Å². The zero-order valence-corrected chi connectivity index (χ0v) is 24.4. The molecule has 0 aliphatic rings. The molecule has 0 aromatic heterocycles. The topological polar surface area (TPSA) is 87.7 Å². The molecule has 208 valence electrons. The maximum atomic E-state index is 14.0. The average Bonchev–Trinajstić information content (AvgIpc) is 2.83. The minimum Gasteiger partial charge on any atom is -0.444 e. The fourth-order valence-corrected chi connectivity index (χ4v) is 4.39. The molecule has 3 amide bonds. The van der Waals surface area contributed by atoms with Crippen molar-refractivity contribution in [2.24, 2.45) is 0 Å². The molecule has 0 aliphatic carbocycles. The number of rotatable bonds is 11. The first-order valence-corrected chi connectivity index (χ1v) is 13.5. The lowest BCUT2D eigenvalue weighted by molar-refractivity contribution is -0.138. The van der Waals surface area contributed by atoms with E-state index in [4.69, 9.17) is 4.74 Å². The molecule has 0 heterocycles. The van der Waals surface area contributed by atoms with Gasteiger partial charge in [-0.2, -0.15) is 0 Å². The molecule has 2 aromatic carbocycles. The molecule has 2 aromatic rings. The summed E-state index contributed by atoms with van der Waals surface area (Å²) in [6.45, 7) is 15.4. The molecule has 0 aliphatic heterocycles. The van der Waals surface area contributed by atoms with E-state index >= 15 is 0 Å². The summed E-state index contributed by atoms with van der Waals surface area (Å²) < 4.78 is 5.31. The highest BCUT2D eigenvalue weighted by Gasteiger charge is 2.33. The van der Waals surface area contributed by atoms with Gasteiger partial charge in [-0.05, 0) is 82.7 Å². The lowest BCUT2D eigenvalue weighted by Gasteiger charge is -2.33. The molecular weight excluding hydrogens is 478 g/mol. The lowest BCUT2D eigenvalue weighted by Crippen LogP contribution is -2.47. The van der Waals surface area contributed by atoms with Crippen LogP contribution in [0.3, 0.4) is 0 Å². The first kappa shape index (κ1) is 30.9. The van der Waals surface area contributed by atoms with Gasteiger partial charge in [0.05, 0.1) is 0 Å². The van der Waals surface area contributed by atoms with Crippen molar-refractivity contribution in [2.75, 3.05) is 18.4 Å².